The van der Waals surface area contributed by atoms with Crippen molar-refractivity contribution < 1.29 is 19.4 Å². The van der Waals surface area contributed by atoms with E-state index in [9.17, 15) is 20.0 Å². The van der Waals surface area contributed by atoms with Crippen molar-refractivity contribution >= 4 is 5.78 Å². The first-order chi connectivity index (χ1) is 16.3. The molecule has 0 atom stereocenters. The van der Waals surface area contributed by atoms with E-state index in [0.717, 1.165) is 17.4 Å². The molecule has 1 heterocycles. The molecule has 0 aliphatic rings. The zero-order valence-electron chi connectivity index (χ0n) is 20.7. The first-order valence-corrected chi connectivity index (χ1v) is 12.1. The first-order valence-electron chi connectivity index (χ1n) is 12.1. The molecule has 0 saturated heterocycles. The van der Waals surface area contributed by atoms with Gasteiger partial charge in [0.05, 0.1) is 18.3 Å². The minimum atomic E-state index is -0.610. The molecule has 1 aromatic heterocycles. The van der Waals surface area contributed by atoms with Crippen LogP contribution in [0.15, 0.2) is 29.1 Å². The number of hydrogen-bond acceptors (Lipinski definition) is 6. The Hall–Kier alpha value is -3.11. The molecule has 0 saturated carbocycles. The highest BCUT2D eigenvalue weighted by Crippen LogP contribution is 2.26. The predicted molar refractivity (Wildman–Crippen MR) is 132 cm³/mol. The van der Waals surface area contributed by atoms with Gasteiger partial charge in [-0.05, 0) is 63.4 Å². The third-order valence-electron chi connectivity index (χ3n) is 5.64. The number of ether oxygens (including phenoxy) is 2. The Bertz CT molecular complexity index is 1050. The van der Waals surface area contributed by atoms with Crippen LogP contribution in [0.2, 0.25) is 0 Å². The molecule has 0 amide bonds. The van der Waals surface area contributed by atoms with Crippen molar-refractivity contribution in [3.05, 3.63) is 56.9 Å². The zero-order valence-corrected chi connectivity index (χ0v) is 20.7. The summed E-state index contributed by atoms with van der Waals surface area (Å²) < 4.78 is 12.3. The lowest BCUT2D eigenvalue weighted by atomic mass is 9.97. The number of ketones is 1. The minimum absolute atomic E-state index is 0.0366. The summed E-state index contributed by atoms with van der Waals surface area (Å²) in [7, 11) is 0. The summed E-state index contributed by atoms with van der Waals surface area (Å²) in [4.78, 5) is 26.0. The summed E-state index contributed by atoms with van der Waals surface area (Å²) in [5.74, 6) is -0.214. The van der Waals surface area contributed by atoms with E-state index in [1.54, 1.807) is 24.3 Å². The van der Waals surface area contributed by atoms with Crippen molar-refractivity contribution in [3.63, 3.8) is 0 Å². The normalized spacial score (nSPS) is 10.9. The zero-order chi connectivity index (χ0) is 25.1. The van der Waals surface area contributed by atoms with Gasteiger partial charge in [-0.25, -0.2) is 0 Å². The number of nitriles is 1. The number of rotatable bonds is 14. The van der Waals surface area contributed by atoms with Crippen molar-refractivity contribution in [1.29, 1.82) is 5.26 Å². The Balaban J connectivity index is 2.20. The number of benzene rings is 1. The van der Waals surface area contributed by atoms with Crippen LogP contribution in [0.4, 0.5) is 0 Å². The van der Waals surface area contributed by atoms with Crippen molar-refractivity contribution in [1.82, 2.24) is 4.57 Å². The quantitative estimate of drug-likeness (QED) is 0.305. The molecule has 0 aliphatic heterocycles. The van der Waals surface area contributed by atoms with Crippen LogP contribution >= 0.6 is 0 Å². The summed E-state index contributed by atoms with van der Waals surface area (Å²) in [6, 6.07) is 8.59. The molecule has 7 heteroatoms. The number of carbonyl (C=O) groups is 1. The molecule has 184 valence electrons. The van der Waals surface area contributed by atoms with Crippen molar-refractivity contribution in [2.75, 3.05) is 13.2 Å². The molecule has 1 aromatic carbocycles. The van der Waals surface area contributed by atoms with E-state index in [-0.39, 0.29) is 29.3 Å². The van der Waals surface area contributed by atoms with Gasteiger partial charge in [0, 0.05) is 18.7 Å². The Labute approximate surface area is 201 Å². The number of carbonyl (C=O) groups excluding carboxylic acids is 1. The second kappa shape index (κ2) is 13.6. The molecule has 2 aromatic rings. The van der Waals surface area contributed by atoms with Gasteiger partial charge in [0.15, 0.2) is 5.78 Å². The lowest BCUT2D eigenvalue weighted by molar-refractivity contribution is 0.0743. The number of nitrogens with zero attached hydrogens (tertiary/aromatic N) is 2. The fourth-order valence-electron chi connectivity index (χ4n) is 3.71. The molecule has 0 unspecified atom stereocenters. The molecule has 2 rings (SSSR count). The van der Waals surface area contributed by atoms with Gasteiger partial charge >= 0.3 is 0 Å². The number of aromatic nitrogens is 1. The van der Waals surface area contributed by atoms with E-state index in [1.165, 1.54) is 26.2 Å². The molecule has 0 fully saturated rings. The third-order valence-corrected chi connectivity index (χ3v) is 5.64. The second-order valence-corrected chi connectivity index (χ2v) is 8.66. The van der Waals surface area contributed by atoms with Gasteiger partial charge in [0.25, 0.3) is 5.56 Å². The highest BCUT2D eigenvalue weighted by molar-refractivity contribution is 6.11. The van der Waals surface area contributed by atoms with Gasteiger partial charge < -0.3 is 14.6 Å². The van der Waals surface area contributed by atoms with Crippen molar-refractivity contribution in [3.8, 4) is 17.7 Å². The molecule has 0 aliphatic carbocycles. The van der Waals surface area contributed by atoms with Crippen LogP contribution in [-0.4, -0.2) is 34.8 Å². The van der Waals surface area contributed by atoms with Crippen molar-refractivity contribution in [2.45, 2.75) is 78.9 Å². The van der Waals surface area contributed by atoms with Crippen LogP contribution < -0.4 is 10.3 Å². The van der Waals surface area contributed by atoms with E-state index in [4.69, 9.17) is 9.47 Å². The fourth-order valence-corrected chi connectivity index (χ4v) is 3.71. The van der Waals surface area contributed by atoms with Crippen LogP contribution in [0.1, 0.15) is 86.3 Å². The molecule has 34 heavy (non-hydrogen) atoms. The van der Waals surface area contributed by atoms with E-state index < -0.39 is 17.2 Å². The fraction of sp³-hybridized carbons (Fsp3) is 0.519. The largest absolute Gasteiger partial charge is 0.494 e. The Morgan fingerprint density at radius 2 is 1.76 bits per heavy atom. The lowest BCUT2D eigenvalue weighted by Crippen LogP contribution is -2.27. The number of pyridine rings is 1. The Kier molecular flexibility index (Phi) is 10.8. The van der Waals surface area contributed by atoms with Gasteiger partial charge in [-0.1, -0.05) is 32.6 Å². The molecule has 0 radical (unpaired) electrons. The molecular weight excluding hydrogens is 432 g/mol. The van der Waals surface area contributed by atoms with Gasteiger partial charge in [0.1, 0.15) is 17.4 Å². The topological polar surface area (TPSA) is 102 Å². The summed E-state index contributed by atoms with van der Waals surface area (Å²) >= 11 is 0. The lowest BCUT2D eigenvalue weighted by Gasteiger charge is -2.16. The smallest absolute Gasteiger partial charge is 0.271 e. The SMILES string of the molecule is CCCCCCCOc1ccc(C(=O)c2c(C)c(C#N)c(=O)n(CCCOC(C)C)c2O)cc1. The summed E-state index contributed by atoms with van der Waals surface area (Å²) in [5.41, 5.74) is -0.274. The van der Waals surface area contributed by atoms with E-state index >= 15 is 0 Å². The Morgan fingerprint density at radius 3 is 2.38 bits per heavy atom. The summed E-state index contributed by atoms with van der Waals surface area (Å²) in [5, 5.41) is 20.4. The van der Waals surface area contributed by atoms with Gasteiger partial charge in [0.2, 0.25) is 5.88 Å². The van der Waals surface area contributed by atoms with Crippen LogP contribution in [0.3, 0.4) is 0 Å². The predicted octanol–water partition coefficient (Wildman–Crippen LogP) is 5.13. The van der Waals surface area contributed by atoms with E-state index in [2.05, 4.69) is 6.92 Å². The maximum Gasteiger partial charge on any atom is 0.271 e. The maximum atomic E-state index is 13.3. The number of aromatic hydroxyl groups is 1. The third kappa shape index (κ3) is 7.19. The highest BCUT2D eigenvalue weighted by atomic mass is 16.5. The van der Waals surface area contributed by atoms with Crippen LogP contribution in [0.25, 0.3) is 0 Å². The summed E-state index contributed by atoms with van der Waals surface area (Å²) in [6.45, 7) is 8.65. The molecular formula is C27H36N2O5. The van der Waals surface area contributed by atoms with E-state index in [1.807, 2.05) is 19.9 Å². The number of hydrogen-bond donors (Lipinski definition) is 1. The van der Waals surface area contributed by atoms with Crippen molar-refractivity contribution in [2.24, 2.45) is 0 Å². The maximum absolute atomic E-state index is 13.3. The second-order valence-electron chi connectivity index (χ2n) is 8.66. The number of unbranched alkanes of at least 4 members (excludes halogenated alkanes) is 4. The van der Waals surface area contributed by atoms with E-state index in [0.29, 0.717) is 30.9 Å². The van der Waals surface area contributed by atoms with Crippen LogP contribution in [0.5, 0.6) is 11.6 Å². The first kappa shape index (κ1) is 27.1. The average molecular weight is 469 g/mol. The molecule has 7 nitrogen and oxygen atoms in total. The van der Waals surface area contributed by atoms with Gasteiger partial charge in [-0.2, -0.15) is 5.26 Å². The minimum Gasteiger partial charge on any atom is -0.494 e. The molecule has 0 bridgehead atoms. The monoisotopic (exact) mass is 468 g/mol. The average Bonchev–Trinajstić information content (AvgIpc) is 2.81. The van der Waals surface area contributed by atoms with Gasteiger partial charge in [-0.15, -0.1) is 0 Å². The molecule has 1 N–H and O–H groups in total. The molecule has 0 spiro atoms. The highest BCUT2D eigenvalue weighted by Gasteiger charge is 2.24. The van der Waals surface area contributed by atoms with Crippen LogP contribution in [0, 0.1) is 18.3 Å². The van der Waals surface area contributed by atoms with Crippen LogP contribution in [-0.2, 0) is 11.3 Å². The Morgan fingerprint density at radius 1 is 1.09 bits per heavy atom. The van der Waals surface area contributed by atoms with Gasteiger partial charge in [-0.3, -0.25) is 14.2 Å². The standard InChI is InChI=1S/C27H36N2O5/c1-5-6-7-8-9-16-34-22-13-11-21(12-14-22)25(30)24-20(4)23(18-28)26(31)29(27(24)32)15-10-17-33-19(2)3/h11-14,19,32H,5-10,15-17H2,1-4H3. The summed E-state index contributed by atoms with van der Waals surface area (Å²) in [6.07, 6.45) is 6.24.